The third kappa shape index (κ3) is 4.18. The monoisotopic (exact) mass is 276 g/mol. The molecule has 1 saturated heterocycles. The van der Waals surface area contributed by atoms with E-state index in [0.717, 1.165) is 50.8 Å². The van der Waals surface area contributed by atoms with E-state index in [1.54, 1.807) is 0 Å². The quantitative estimate of drug-likeness (QED) is 0.861. The highest BCUT2D eigenvalue weighted by Gasteiger charge is 2.17. The Kier molecular flexibility index (Phi) is 5.80. The van der Waals surface area contributed by atoms with Crippen molar-refractivity contribution in [2.24, 2.45) is 0 Å². The Labute approximate surface area is 123 Å². The molecule has 0 aliphatic carbocycles. The maximum Gasteiger partial charge on any atom is 0.129 e. The molecule has 4 heteroatoms. The van der Waals surface area contributed by atoms with Crippen molar-refractivity contribution in [3.05, 3.63) is 23.4 Å². The summed E-state index contributed by atoms with van der Waals surface area (Å²) in [5, 5.41) is 3.39. The smallest absolute Gasteiger partial charge is 0.129 e. The van der Waals surface area contributed by atoms with Crippen LogP contribution in [0.5, 0.6) is 0 Å². The zero-order valence-corrected chi connectivity index (χ0v) is 13.2. The van der Waals surface area contributed by atoms with Crippen molar-refractivity contribution in [2.45, 2.75) is 33.7 Å². The van der Waals surface area contributed by atoms with Crippen LogP contribution in [0.1, 0.15) is 31.5 Å². The lowest BCUT2D eigenvalue weighted by molar-refractivity contribution is 0.258. The van der Waals surface area contributed by atoms with Gasteiger partial charge in [0.15, 0.2) is 0 Å². The van der Waals surface area contributed by atoms with Crippen LogP contribution < -0.4 is 10.2 Å². The molecule has 1 aliphatic heterocycles. The van der Waals surface area contributed by atoms with Crippen LogP contribution in [0, 0.1) is 6.92 Å². The third-order valence-corrected chi connectivity index (χ3v) is 3.81. The summed E-state index contributed by atoms with van der Waals surface area (Å²) in [7, 11) is 0. The fourth-order valence-corrected chi connectivity index (χ4v) is 2.77. The molecule has 1 aromatic heterocycles. The average Bonchev–Trinajstić information content (AvgIpc) is 2.46. The van der Waals surface area contributed by atoms with E-state index < -0.39 is 0 Å². The summed E-state index contributed by atoms with van der Waals surface area (Å²) >= 11 is 0. The number of nitrogens with zero attached hydrogens (tertiary/aromatic N) is 3. The van der Waals surface area contributed by atoms with Crippen molar-refractivity contribution < 1.29 is 0 Å². The van der Waals surface area contributed by atoms with E-state index >= 15 is 0 Å². The van der Waals surface area contributed by atoms with Crippen LogP contribution in [0.15, 0.2) is 12.1 Å². The van der Waals surface area contributed by atoms with Crippen molar-refractivity contribution in [3.63, 3.8) is 0 Å². The molecule has 1 aliphatic rings. The summed E-state index contributed by atoms with van der Waals surface area (Å²) in [6.07, 6.45) is 1.25. The normalized spacial score (nSPS) is 16.6. The van der Waals surface area contributed by atoms with Gasteiger partial charge in [-0.2, -0.15) is 0 Å². The summed E-state index contributed by atoms with van der Waals surface area (Å²) in [6.45, 7) is 14.2. The van der Waals surface area contributed by atoms with Crippen molar-refractivity contribution in [1.82, 2.24) is 15.2 Å². The molecule has 0 amide bonds. The molecule has 0 unspecified atom stereocenters. The van der Waals surface area contributed by atoms with Gasteiger partial charge >= 0.3 is 0 Å². The standard InChI is InChI=1S/C16H28N4/c1-4-6-19-7-9-20(10-8-19)16-12-15(13-17-5-2)11-14(3)18-16/h11-12,17H,4-10,13H2,1-3H3. The Morgan fingerprint density at radius 1 is 1.15 bits per heavy atom. The van der Waals surface area contributed by atoms with E-state index in [2.05, 4.69) is 48.0 Å². The van der Waals surface area contributed by atoms with E-state index in [1.165, 1.54) is 18.5 Å². The topological polar surface area (TPSA) is 31.4 Å². The van der Waals surface area contributed by atoms with Crippen LogP contribution >= 0.6 is 0 Å². The molecule has 112 valence electrons. The Bertz CT molecular complexity index is 411. The predicted molar refractivity (Wildman–Crippen MR) is 85.3 cm³/mol. The van der Waals surface area contributed by atoms with Crippen molar-refractivity contribution >= 4 is 5.82 Å². The van der Waals surface area contributed by atoms with Crippen molar-refractivity contribution in [3.8, 4) is 0 Å². The summed E-state index contributed by atoms with van der Waals surface area (Å²) in [6, 6.07) is 4.42. The molecule has 0 aromatic carbocycles. The fraction of sp³-hybridized carbons (Fsp3) is 0.688. The molecule has 2 rings (SSSR count). The zero-order chi connectivity index (χ0) is 14.4. The van der Waals surface area contributed by atoms with E-state index in [9.17, 15) is 0 Å². The van der Waals surface area contributed by atoms with Gasteiger partial charge in [0.05, 0.1) is 0 Å². The lowest BCUT2D eigenvalue weighted by Gasteiger charge is -2.35. The van der Waals surface area contributed by atoms with E-state index in [1.807, 2.05) is 0 Å². The summed E-state index contributed by atoms with van der Waals surface area (Å²) in [4.78, 5) is 9.69. The number of piperazine rings is 1. The SMILES string of the molecule is CCCN1CCN(c2cc(CNCC)cc(C)n2)CC1. The van der Waals surface area contributed by atoms with Crippen LogP contribution in [0.2, 0.25) is 0 Å². The van der Waals surface area contributed by atoms with Gasteiger partial charge in [0.25, 0.3) is 0 Å². The molecule has 20 heavy (non-hydrogen) atoms. The number of anilines is 1. The first kappa shape index (κ1) is 15.3. The van der Waals surface area contributed by atoms with Gasteiger partial charge in [0, 0.05) is 38.4 Å². The molecule has 0 atom stereocenters. The van der Waals surface area contributed by atoms with Crippen molar-refractivity contribution in [2.75, 3.05) is 44.2 Å². The number of nitrogens with one attached hydrogen (secondary N) is 1. The maximum absolute atomic E-state index is 4.72. The summed E-state index contributed by atoms with van der Waals surface area (Å²) < 4.78 is 0. The minimum Gasteiger partial charge on any atom is -0.354 e. The Morgan fingerprint density at radius 3 is 2.55 bits per heavy atom. The minimum absolute atomic E-state index is 0.933. The van der Waals surface area contributed by atoms with Gasteiger partial charge < -0.3 is 10.2 Å². The Morgan fingerprint density at radius 2 is 1.90 bits per heavy atom. The Balaban J connectivity index is 2.00. The molecule has 1 aromatic rings. The van der Waals surface area contributed by atoms with Gasteiger partial charge in [-0.1, -0.05) is 13.8 Å². The zero-order valence-electron chi connectivity index (χ0n) is 13.2. The average molecular weight is 276 g/mol. The first-order valence-electron chi connectivity index (χ1n) is 7.88. The third-order valence-electron chi connectivity index (χ3n) is 3.81. The van der Waals surface area contributed by atoms with Crippen LogP contribution in [0.3, 0.4) is 0 Å². The predicted octanol–water partition coefficient (Wildman–Crippen LogP) is 2.03. The molecule has 0 spiro atoms. The Hall–Kier alpha value is -1.13. The lowest BCUT2D eigenvalue weighted by atomic mass is 10.2. The van der Waals surface area contributed by atoms with Gasteiger partial charge in [-0.05, 0) is 44.1 Å². The van der Waals surface area contributed by atoms with Crippen LogP contribution in [0.25, 0.3) is 0 Å². The second-order valence-electron chi connectivity index (χ2n) is 5.58. The highest BCUT2D eigenvalue weighted by atomic mass is 15.3. The van der Waals surface area contributed by atoms with Gasteiger partial charge in [0.2, 0.25) is 0 Å². The first-order chi connectivity index (χ1) is 9.72. The number of hydrogen-bond donors (Lipinski definition) is 1. The summed E-state index contributed by atoms with van der Waals surface area (Å²) in [5.74, 6) is 1.15. The van der Waals surface area contributed by atoms with Gasteiger partial charge in [-0.25, -0.2) is 4.98 Å². The molecular weight excluding hydrogens is 248 g/mol. The van der Waals surface area contributed by atoms with Gasteiger partial charge in [-0.15, -0.1) is 0 Å². The maximum atomic E-state index is 4.72. The second kappa shape index (κ2) is 7.60. The van der Waals surface area contributed by atoms with E-state index in [4.69, 9.17) is 4.98 Å². The molecule has 1 N–H and O–H groups in total. The minimum atomic E-state index is 0.933. The van der Waals surface area contributed by atoms with Gasteiger partial charge in [0.1, 0.15) is 5.82 Å². The molecular formula is C16H28N4. The molecule has 1 fully saturated rings. The number of hydrogen-bond acceptors (Lipinski definition) is 4. The lowest BCUT2D eigenvalue weighted by Crippen LogP contribution is -2.46. The van der Waals surface area contributed by atoms with Crippen molar-refractivity contribution in [1.29, 1.82) is 0 Å². The highest BCUT2D eigenvalue weighted by Crippen LogP contribution is 2.17. The summed E-state index contributed by atoms with van der Waals surface area (Å²) in [5.41, 5.74) is 2.46. The molecule has 4 nitrogen and oxygen atoms in total. The fourth-order valence-electron chi connectivity index (χ4n) is 2.77. The highest BCUT2D eigenvalue weighted by molar-refractivity contribution is 5.43. The van der Waals surface area contributed by atoms with E-state index in [-0.39, 0.29) is 0 Å². The van der Waals surface area contributed by atoms with E-state index in [0.29, 0.717) is 0 Å². The number of rotatable bonds is 6. The van der Waals surface area contributed by atoms with Gasteiger partial charge in [-0.3, -0.25) is 4.90 Å². The largest absolute Gasteiger partial charge is 0.354 e. The molecule has 0 saturated carbocycles. The number of aryl methyl sites for hydroxylation is 1. The second-order valence-corrected chi connectivity index (χ2v) is 5.58. The van der Waals surface area contributed by atoms with Crippen LogP contribution in [0.4, 0.5) is 5.82 Å². The molecule has 0 bridgehead atoms. The first-order valence-corrected chi connectivity index (χ1v) is 7.88. The van der Waals surface area contributed by atoms with Crippen LogP contribution in [-0.2, 0) is 6.54 Å². The van der Waals surface area contributed by atoms with Crippen LogP contribution in [-0.4, -0.2) is 49.2 Å². The molecule has 2 heterocycles. The number of pyridine rings is 1. The molecule has 0 radical (unpaired) electrons. The number of aromatic nitrogens is 1.